The predicted octanol–water partition coefficient (Wildman–Crippen LogP) is 3.25. The Balaban J connectivity index is 1.83. The van der Waals surface area contributed by atoms with Gasteiger partial charge in [0.05, 0.1) is 12.0 Å². The first-order valence-corrected chi connectivity index (χ1v) is 8.96. The molecular formula is C20H19ClN2O6. The molecule has 0 aliphatic heterocycles. The number of aryl methyl sites for hydroxylation is 1. The molecule has 29 heavy (non-hydrogen) atoms. The molecule has 2 rings (SSSR count). The van der Waals surface area contributed by atoms with E-state index in [2.05, 4.69) is 10.6 Å². The van der Waals surface area contributed by atoms with Crippen molar-refractivity contribution in [3.05, 3.63) is 58.6 Å². The summed E-state index contributed by atoms with van der Waals surface area (Å²) in [6.07, 6.45) is -0.423. The van der Waals surface area contributed by atoms with Crippen molar-refractivity contribution in [2.45, 2.75) is 19.8 Å². The minimum atomic E-state index is -1.06. The summed E-state index contributed by atoms with van der Waals surface area (Å²) in [5.41, 5.74) is 1.98. The van der Waals surface area contributed by atoms with E-state index in [1.54, 1.807) is 18.2 Å². The maximum Gasteiger partial charge on any atom is 0.338 e. The summed E-state index contributed by atoms with van der Waals surface area (Å²) in [5, 5.41) is 14.1. The van der Waals surface area contributed by atoms with E-state index in [-0.39, 0.29) is 18.4 Å². The standard InChI is InChI=1S/C20H19ClN2O6/c1-12-8-14(21)10-16(9-12)23-18(25)11-29-20(28)13-2-4-15(5-3-13)22-17(24)6-7-19(26)27/h2-5,8-10H,6-7,11H2,1H3,(H,22,24)(H,23,25)(H,26,27). The first-order valence-electron chi connectivity index (χ1n) is 8.59. The number of hydrogen-bond donors (Lipinski definition) is 3. The third-order valence-corrected chi connectivity index (χ3v) is 3.85. The molecule has 2 aromatic carbocycles. The lowest BCUT2D eigenvalue weighted by molar-refractivity contribution is -0.138. The van der Waals surface area contributed by atoms with Gasteiger partial charge in [0.1, 0.15) is 0 Å². The summed E-state index contributed by atoms with van der Waals surface area (Å²) in [6, 6.07) is 10.9. The Bertz CT molecular complexity index is 907. The Kier molecular flexibility index (Phi) is 7.73. The predicted molar refractivity (Wildman–Crippen MR) is 107 cm³/mol. The van der Waals surface area contributed by atoms with Gasteiger partial charge in [-0.3, -0.25) is 14.4 Å². The molecule has 0 heterocycles. The third-order valence-electron chi connectivity index (χ3n) is 3.63. The topological polar surface area (TPSA) is 122 Å². The summed E-state index contributed by atoms with van der Waals surface area (Å²) in [4.78, 5) is 46.0. The molecule has 0 fully saturated rings. The van der Waals surface area contributed by atoms with Crippen LogP contribution in [0.15, 0.2) is 42.5 Å². The summed E-state index contributed by atoms with van der Waals surface area (Å²) >= 11 is 5.93. The Morgan fingerprint density at radius 3 is 2.21 bits per heavy atom. The molecule has 0 aliphatic carbocycles. The van der Waals surface area contributed by atoms with E-state index in [0.29, 0.717) is 16.4 Å². The molecule has 2 aromatic rings. The van der Waals surface area contributed by atoms with Gasteiger partial charge in [-0.1, -0.05) is 11.6 Å². The molecule has 0 atom stereocenters. The number of nitrogens with one attached hydrogen (secondary N) is 2. The van der Waals surface area contributed by atoms with Gasteiger partial charge in [0.25, 0.3) is 5.91 Å². The number of benzene rings is 2. The highest BCUT2D eigenvalue weighted by Gasteiger charge is 2.12. The number of carbonyl (C=O) groups excluding carboxylic acids is 3. The van der Waals surface area contributed by atoms with Crippen LogP contribution in [-0.2, 0) is 19.1 Å². The number of ether oxygens (including phenoxy) is 1. The number of carbonyl (C=O) groups is 4. The zero-order chi connectivity index (χ0) is 21.4. The number of halogens is 1. The minimum absolute atomic E-state index is 0.152. The van der Waals surface area contributed by atoms with Crippen LogP contribution in [-0.4, -0.2) is 35.5 Å². The number of rotatable bonds is 8. The van der Waals surface area contributed by atoms with Crippen LogP contribution in [0.2, 0.25) is 5.02 Å². The average Bonchev–Trinajstić information content (AvgIpc) is 2.64. The first kappa shape index (κ1) is 21.9. The highest BCUT2D eigenvalue weighted by molar-refractivity contribution is 6.31. The van der Waals surface area contributed by atoms with Gasteiger partial charge in [-0.2, -0.15) is 0 Å². The van der Waals surface area contributed by atoms with E-state index in [1.807, 2.05) is 6.92 Å². The number of carboxylic acid groups (broad SMARTS) is 1. The highest BCUT2D eigenvalue weighted by Crippen LogP contribution is 2.18. The Hall–Kier alpha value is -3.39. The average molecular weight is 419 g/mol. The lowest BCUT2D eigenvalue weighted by Gasteiger charge is -2.09. The summed E-state index contributed by atoms with van der Waals surface area (Å²) in [5.74, 6) is -2.73. The van der Waals surface area contributed by atoms with Crippen molar-refractivity contribution in [2.75, 3.05) is 17.2 Å². The SMILES string of the molecule is Cc1cc(Cl)cc(NC(=O)COC(=O)c2ccc(NC(=O)CCC(=O)O)cc2)c1. The zero-order valence-corrected chi connectivity index (χ0v) is 16.3. The number of esters is 1. The molecule has 8 nitrogen and oxygen atoms in total. The number of aliphatic carboxylic acids is 1. The van der Waals surface area contributed by atoms with Crippen LogP contribution in [0.25, 0.3) is 0 Å². The second kappa shape index (κ2) is 10.2. The van der Waals surface area contributed by atoms with Crippen LogP contribution >= 0.6 is 11.6 Å². The van der Waals surface area contributed by atoms with Crippen LogP contribution in [0.4, 0.5) is 11.4 Å². The molecule has 0 bridgehead atoms. The number of anilines is 2. The second-order valence-electron chi connectivity index (χ2n) is 6.16. The smallest absolute Gasteiger partial charge is 0.338 e. The van der Waals surface area contributed by atoms with Crippen LogP contribution in [0.1, 0.15) is 28.8 Å². The molecule has 0 saturated heterocycles. The van der Waals surface area contributed by atoms with Crippen molar-refractivity contribution in [1.29, 1.82) is 0 Å². The molecular weight excluding hydrogens is 400 g/mol. The van der Waals surface area contributed by atoms with Crippen LogP contribution in [0, 0.1) is 6.92 Å². The summed E-state index contributed by atoms with van der Waals surface area (Å²) in [6.45, 7) is 1.36. The van der Waals surface area contributed by atoms with Gasteiger partial charge in [-0.05, 0) is 55.0 Å². The molecule has 152 valence electrons. The summed E-state index contributed by atoms with van der Waals surface area (Å²) in [7, 11) is 0. The number of hydrogen-bond acceptors (Lipinski definition) is 5. The van der Waals surface area contributed by atoms with Crippen molar-refractivity contribution in [3.63, 3.8) is 0 Å². The van der Waals surface area contributed by atoms with Gasteiger partial charge in [0, 0.05) is 22.8 Å². The van der Waals surface area contributed by atoms with Crippen molar-refractivity contribution in [2.24, 2.45) is 0 Å². The van der Waals surface area contributed by atoms with E-state index in [4.69, 9.17) is 21.4 Å². The largest absolute Gasteiger partial charge is 0.481 e. The van der Waals surface area contributed by atoms with Crippen molar-refractivity contribution >= 4 is 46.7 Å². The maximum atomic E-state index is 12.0. The van der Waals surface area contributed by atoms with Gasteiger partial charge >= 0.3 is 11.9 Å². The Morgan fingerprint density at radius 1 is 0.931 bits per heavy atom. The molecule has 0 aromatic heterocycles. The van der Waals surface area contributed by atoms with E-state index in [1.165, 1.54) is 24.3 Å². The van der Waals surface area contributed by atoms with Crippen LogP contribution in [0.3, 0.4) is 0 Å². The fraction of sp³-hybridized carbons (Fsp3) is 0.200. The van der Waals surface area contributed by atoms with E-state index < -0.39 is 30.4 Å². The van der Waals surface area contributed by atoms with E-state index in [9.17, 15) is 19.2 Å². The van der Waals surface area contributed by atoms with E-state index >= 15 is 0 Å². The first-order chi connectivity index (χ1) is 13.7. The second-order valence-corrected chi connectivity index (χ2v) is 6.60. The zero-order valence-electron chi connectivity index (χ0n) is 15.5. The minimum Gasteiger partial charge on any atom is -0.481 e. The molecule has 0 saturated carbocycles. The van der Waals surface area contributed by atoms with Crippen LogP contribution in [0.5, 0.6) is 0 Å². The third kappa shape index (κ3) is 7.63. The molecule has 0 unspecified atom stereocenters. The monoisotopic (exact) mass is 418 g/mol. The fourth-order valence-corrected chi connectivity index (χ4v) is 2.64. The molecule has 0 radical (unpaired) electrons. The Labute approximate surface area is 171 Å². The highest BCUT2D eigenvalue weighted by atomic mass is 35.5. The van der Waals surface area contributed by atoms with Gasteiger partial charge in [0.15, 0.2) is 6.61 Å². The number of carboxylic acids is 1. The van der Waals surface area contributed by atoms with Crippen molar-refractivity contribution < 1.29 is 29.0 Å². The quantitative estimate of drug-likeness (QED) is 0.565. The van der Waals surface area contributed by atoms with Gasteiger partial charge < -0.3 is 20.5 Å². The fourth-order valence-electron chi connectivity index (χ4n) is 2.35. The summed E-state index contributed by atoms with van der Waals surface area (Å²) < 4.78 is 4.97. The van der Waals surface area contributed by atoms with Crippen LogP contribution < -0.4 is 10.6 Å². The van der Waals surface area contributed by atoms with Crippen molar-refractivity contribution in [1.82, 2.24) is 0 Å². The molecule has 0 spiro atoms. The molecule has 0 aliphatic rings. The normalized spacial score (nSPS) is 10.1. The lowest BCUT2D eigenvalue weighted by atomic mass is 10.2. The lowest BCUT2D eigenvalue weighted by Crippen LogP contribution is -2.21. The van der Waals surface area contributed by atoms with Gasteiger partial charge in [0.2, 0.25) is 5.91 Å². The Morgan fingerprint density at radius 2 is 1.59 bits per heavy atom. The van der Waals surface area contributed by atoms with Crippen molar-refractivity contribution in [3.8, 4) is 0 Å². The van der Waals surface area contributed by atoms with Gasteiger partial charge in [-0.25, -0.2) is 4.79 Å². The molecule has 2 amide bonds. The molecule has 9 heteroatoms. The maximum absolute atomic E-state index is 12.0. The van der Waals surface area contributed by atoms with Gasteiger partial charge in [-0.15, -0.1) is 0 Å². The molecule has 3 N–H and O–H groups in total. The van der Waals surface area contributed by atoms with E-state index in [0.717, 1.165) is 5.56 Å². The number of amides is 2.